The lowest BCUT2D eigenvalue weighted by Gasteiger charge is -2.13. The first-order valence-electron chi connectivity index (χ1n) is 7.65. The van der Waals surface area contributed by atoms with Crippen LogP contribution in [0.15, 0.2) is 18.2 Å². The summed E-state index contributed by atoms with van der Waals surface area (Å²) >= 11 is 1.77. The number of hydrogen-bond donors (Lipinski definition) is 1. The normalized spacial score (nSPS) is 14.0. The van der Waals surface area contributed by atoms with Crippen LogP contribution in [-0.4, -0.2) is 30.1 Å². The molecule has 1 aliphatic rings. The van der Waals surface area contributed by atoms with E-state index in [-0.39, 0.29) is 0 Å². The second kappa shape index (κ2) is 5.54. The quantitative estimate of drug-likeness (QED) is 0.802. The number of aromatic nitrogens is 2. The lowest BCUT2D eigenvalue weighted by Crippen LogP contribution is -2.23. The van der Waals surface area contributed by atoms with E-state index in [1.807, 2.05) is 18.2 Å². The molecule has 0 amide bonds. The van der Waals surface area contributed by atoms with Gasteiger partial charge in [-0.15, -0.1) is 0 Å². The number of benzene rings is 1. The van der Waals surface area contributed by atoms with Crippen molar-refractivity contribution in [3.8, 4) is 22.8 Å². The number of rotatable bonds is 3. The van der Waals surface area contributed by atoms with E-state index in [1.54, 1.807) is 25.6 Å². The van der Waals surface area contributed by atoms with Crippen molar-refractivity contribution < 1.29 is 9.47 Å². The third-order valence-electron chi connectivity index (χ3n) is 4.37. The first kappa shape index (κ1) is 14.5. The van der Waals surface area contributed by atoms with Gasteiger partial charge in [-0.05, 0) is 25.1 Å². The number of ether oxygens (including phenoxy) is 2. The highest BCUT2D eigenvalue weighted by molar-refractivity contribution is 7.17. The van der Waals surface area contributed by atoms with Crippen molar-refractivity contribution in [2.75, 3.05) is 20.8 Å². The first-order valence-corrected chi connectivity index (χ1v) is 8.47. The lowest BCUT2D eigenvalue weighted by atomic mass is 10.1. The van der Waals surface area contributed by atoms with Crippen molar-refractivity contribution in [3.63, 3.8) is 0 Å². The Bertz CT molecular complexity index is 882. The maximum atomic E-state index is 5.53. The van der Waals surface area contributed by atoms with E-state index >= 15 is 0 Å². The molecule has 0 spiro atoms. The predicted molar refractivity (Wildman–Crippen MR) is 91.8 cm³/mol. The number of fused-ring (bicyclic) bond motifs is 3. The molecule has 120 valence electrons. The summed E-state index contributed by atoms with van der Waals surface area (Å²) < 4.78 is 13.2. The molecule has 0 saturated heterocycles. The molecule has 6 heteroatoms. The SMILES string of the molecule is COc1ccc(OC)c(-c2nc3sc4c(n3c2C)CCNC4)c1. The van der Waals surface area contributed by atoms with Crippen LogP contribution < -0.4 is 14.8 Å². The van der Waals surface area contributed by atoms with Gasteiger partial charge < -0.3 is 14.8 Å². The van der Waals surface area contributed by atoms with Gasteiger partial charge in [0, 0.05) is 41.3 Å². The Morgan fingerprint density at radius 3 is 2.91 bits per heavy atom. The summed E-state index contributed by atoms with van der Waals surface area (Å²) in [4.78, 5) is 7.34. The summed E-state index contributed by atoms with van der Waals surface area (Å²) in [5.74, 6) is 1.62. The molecule has 2 aromatic heterocycles. The Kier molecular flexibility index (Phi) is 3.50. The molecule has 0 unspecified atom stereocenters. The highest BCUT2D eigenvalue weighted by Crippen LogP contribution is 2.37. The van der Waals surface area contributed by atoms with Crippen molar-refractivity contribution in [1.82, 2.24) is 14.7 Å². The topological polar surface area (TPSA) is 47.8 Å². The van der Waals surface area contributed by atoms with Crippen LogP contribution in [-0.2, 0) is 13.0 Å². The summed E-state index contributed by atoms with van der Waals surface area (Å²) in [6.45, 7) is 4.10. The lowest BCUT2D eigenvalue weighted by molar-refractivity contribution is 0.404. The number of thiazole rings is 1. The third kappa shape index (κ3) is 2.21. The average molecular weight is 329 g/mol. The minimum atomic E-state index is 0.808. The van der Waals surface area contributed by atoms with Gasteiger partial charge in [-0.3, -0.25) is 4.40 Å². The molecule has 0 fully saturated rings. The second-order valence-electron chi connectivity index (χ2n) is 5.63. The zero-order chi connectivity index (χ0) is 16.0. The molecule has 0 radical (unpaired) electrons. The van der Waals surface area contributed by atoms with Crippen LogP contribution in [0.2, 0.25) is 0 Å². The minimum Gasteiger partial charge on any atom is -0.497 e. The van der Waals surface area contributed by atoms with Gasteiger partial charge in [-0.2, -0.15) is 0 Å². The zero-order valence-corrected chi connectivity index (χ0v) is 14.3. The van der Waals surface area contributed by atoms with Gasteiger partial charge in [0.25, 0.3) is 0 Å². The van der Waals surface area contributed by atoms with E-state index in [4.69, 9.17) is 14.5 Å². The fraction of sp³-hybridized carbons (Fsp3) is 0.353. The highest BCUT2D eigenvalue weighted by Gasteiger charge is 2.22. The molecule has 4 rings (SSSR count). The third-order valence-corrected chi connectivity index (χ3v) is 5.45. The number of imidazole rings is 1. The van der Waals surface area contributed by atoms with Crippen LogP contribution in [0.3, 0.4) is 0 Å². The van der Waals surface area contributed by atoms with Crippen molar-refractivity contribution in [2.45, 2.75) is 19.9 Å². The highest BCUT2D eigenvalue weighted by atomic mass is 32.1. The molecule has 0 saturated carbocycles. The molecule has 0 bridgehead atoms. The van der Waals surface area contributed by atoms with Gasteiger partial charge in [0.1, 0.15) is 11.5 Å². The van der Waals surface area contributed by atoms with Crippen LogP contribution in [0.25, 0.3) is 16.2 Å². The van der Waals surface area contributed by atoms with Crippen LogP contribution in [0.4, 0.5) is 0 Å². The van der Waals surface area contributed by atoms with Gasteiger partial charge in [0.2, 0.25) is 0 Å². The standard InChI is InChI=1S/C17H19N3O2S/c1-10-16(12-8-11(21-2)4-5-14(12)22-3)19-17-20(10)13-6-7-18-9-15(13)23-17/h4-5,8,18H,6-7,9H2,1-3H3. The van der Waals surface area contributed by atoms with Crippen LogP contribution in [0.1, 0.15) is 16.3 Å². The van der Waals surface area contributed by atoms with E-state index in [9.17, 15) is 0 Å². The van der Waals surface area contributed by atoms with E-state index in [0.717, 1.165) is 52.9 Å². The summed E-state index contributed by atoms with van der Waals surface area (Å²) in [6, 6.07) is 5.83. The average Bonchev–Trinajstić information content (AvgIpc) is 3.11. The Morgan fingerprint density at radius 1 is 1.26 bits per heavy atom. The Balaban J connectivity index is 1.93. The van der Waals surface area contributed by atoms with Gasteiger partial charge in [-0.1, -0.05) is 11.3 Å². The van der Waals surface area contributed by atoms with Gasteiger partial charge in [0.05, 0.1) is 19.9 Å². The fourth-order valence-electron chi connectivity index (χ4n) is 3.21. The predicted octanol–water partition coefficient (Wildman–Crippen LogP) is 3.03. The van der Waals surface area contributed by atoms with Crippen molar-refractivity contribution in [3.05, 3.63) is 34.5 Å². The molecule has 0 atom stereocenters. The first-order chi connectivity index (χ1) is 11.2. The molecule has 3 heterocycles. The van der Waals surface area contributed by atoms with Crippen molar-refractivity contribution in [1.29, 1.82) is 0 Å². The molecule has 0 aliphatic carbocycles. The zero-order valence-electron chi connectivity index (χ0n) is 13.5. The fourth-order valence-corrected chi connectivity index (χ4v) is 4.39. The van der Waals surface area contributed by atoms with E-state index < -0.39 is 0 Å². The number of methoxy groups -OCH3 is 2. The molecular formula is C17H19N3O2S. The number of nitrogens with zero attached hydrogens (tertiary/aromatic N) is 2. The molecule has 1 aliphatic heterocycles. The molecule has 1 aromatic carbocycles. The number of aryl methyl sites for hydroxylation is 1. The summed E-state index contributed by atoms with van der Waals surface area (Å²) in [6.07, 6.45) is 1.04. The van der Waals surface area contributed by atoms with Crippen molar-refractivity contribution in [2.24, 2.45) is 0 Å². The Morgan fingerprint density at radius 2 is 2.13 bits per heavy atom. The monoisotopic (exact) mass is 329 g/mol. The van der Waals surface area contributed by atoms with E-state index in [0.29, 0.717) is 0 Å². The summed E-state index contributed by atoms with van der Waals surface area (Å²) in [5.41, 5.74) is 4.49. The van der Waals surface area contributed by atoms with Crippen LogP contribution in [0.5, 0.6) is 11.5 Å². The molecule has 3 aromatic rings. The van der Waals surface area contributed by atoms with E-state index in [2.05, 4.69) is 16.6 Å². The summed E-state index contributed by atoms with van der Waals surface area (Å²) in [5, 5.41) is 3.42. The molecular weight excluding hydrogens is 310 g/mol. The van der Waals surface area contributed by atoms with Crippen LogP contribution >= 0.6 is 11.3 Å². The smallest absolute Gasteiger partial charge is 0.194 e. The van der Waals surface area contributed by atoms with Gasteiger partial charge >= 0.3 is 0 Å². The minimum absolute atomic E-state index is 0.808. The van der Waals surface area contributed by atoms with Gasteiger partial charge in [-0.25, -0.2) is 4.98 Å². The van der Waals surface area contributed by atoms with Crippen molar-refractivity contribution >= 4 is 16.3 Å². The Hall–Kier alpha value is -2.05. The molecule has 23 heavy (non-hydrogen) atoms. The Labute approximate surface area is 138 Å². The van der Waals surface area contributed by atoms with Gasteiger partial charge in [0.15, 0.2) is 4.96 Å². The maximum absolute atomic E-state index is 5.53. The molecule has 1 N–H and O–H groups in total. The van der Waals surface area contributed by atoms with E-state index in [1.165, 1.54) is 10.6 Å². The number of nitrogens with one attached hydrogen (secondary N) is 1. The summed E-state index contributed by atoms with van der Waals surface area (Å²) in [7, 11) is 3.36. The maximum Gasteiger partial charge on any atom is 0.194 e. The molecule has 5 nitrogen and oxygen atoms in total. The van der Waals surface area contributed by atoms with Crippen LogP contribution in [0, 0.1) is 6.92 Å². The largest absolute Gasteiger partial charge is 0.497 e. The number of hydrogen-bond acceptors (Lipinski definition) is 5. The second-order valence-corrected chi connectivity index (χ2v) is 6.69.